The third kappa shape index (κ3) is 9.33. The van der Waals surface area contributed by atoms with Crippen molar-refractivity contribution in [1.29, 1.82) is 0 Å². The number of amides is 1. The van der Waals surface area contributed by atoms with Gasteiger partial charge < -0.3 is 15.2 Å². The zero-order chi connectivity index (χ0) is 15.5. The minimum absolute atomic E-state index is 0.0503. The van der Waals surface area contributed by atoms with Gasteiger partial charge in [-0.3, -0.25) is 4.79 Å². The van der Waals surface area contributed by atoms with E-state index in [4.69, 9.17) is 21.4 Å². The first-order valence-electron chi connectivity index (χ1n) is 6.52. The topological polar surface area (TPSA) is 75.6 Å². The first kappa shape index (κ1) is 17.8. The van der Waals surface area contributed by atoms with Gasteiger partial charge in [0.25, 0.3) is 0 Å². The zero-order valence-electron chi connectivity index (χ0n) is 11.5. The molecule has 0 saturated carbocycles. The second-order valence-electron chi connectivity index (χ2n) is 4.20. The van der Waals surface area contributed by atoms with Crippen molar-refractivity contribution < 1.29 is 19.4 Å². The highest BCUT2D eigenvalue weighted by molar-refractivity contribution is 7.99. The Balaban J connectivity index is 2.00. The number of thioether (sulfide) groups is 1. The van der Waals surface area contributed by atoms with Crippen LogP contribution in [0.5, 0.6) is 0 Å². The van der Waals surface area contributed by atoms with E-state index in [-0.39, 0.29) is 19.1 Å². The quantitative estimate of drug-likeness (QED) is 0.508. The van der Waals surface area contributed by atoms with Crippen LogP contribution in [0.3, 0.4) is 0 Å². The number of carboxylic acids is 1. The molecule has 116 valence electrons. The second-order valence-corrected chi connectivity index (χ2v) is 5.81. The van der Waals surface area contributed by atoms with Crippen molar-refractivity contribution in [3.63, 3.8) is 0 Å². The first-order valence-corrected chi connectivity index (χ1v) is 7.89. The lowest BCUT2D eigenvalue weighted by Crippen LogP contribution is -2.27. The van der Waals surface area contributed by atoms with Crippen LogP contribution in [0.1, 0.15) is 12.8 Å². The van der Waals surface area contributed by atoms with E-state index in [0.29, 0.717) is 18.0 Å². The van der Waals surface area contributed by atoms with E-state index in [9.17, 15) is 9.59 Å². The molecule has 0 spiro atoms. The molecule has 0 saturated heterocycles. The number of hydrogen-bond acceptors (Lipinski definition) is 4. The molecule has 0 atom stereocenters. The van der Waals surface area contributed by atoms with Gasteiger partial charge in [-0.1, -0.05) is 11.6 Å². The number of carbonyl (C=O) groups is 2. The van der Waals surface area contributed by atoms with E-state index >= 15 is 0 Å². The maximum absolute atomic E-state index is 11.5. The van der Waals surface area contributed by atoms with Gasteiger partial charge in [0.2, 0.25) is 5.91 Å². The van der Waals surface area contributed by atoms with Crippen molar-refractivity contribution in [2.45, 2.75) is 17.7 Å². The van der Waals surface area contributed by atoms with Crippen molar-refractivity contribution in [2.24, 2.45) is 0 Å². The van der Waals surface area contributed by atoms with Crippen LogP contribution in [-0.2, 0) is 14.3 Å². The highest BCUT2D eigenvalue weighted by Gasteiger charge is 2.02. The van der Waals surface area contributed by atoms with Crippen molar-refractivity contribution in [2.75, 3.05) is 25.5 Å². The molecular weight excluding hydrogens is 314 g/mol. The van der Waals surface area contributed by atoms with Gasteiger partial charge in [-0.25, -0.2) is 4.79 Å². The van der Waals surface area contributed by atoms with Gasteiger partial charge >= 0.3 is 5.97 Å². The van der Waals surface area contributed by atoms with Crippen molar-refractivity contribution >= 4 is 35.2 Å². The summed E-state index contributed by atoms with van der Waals surface area (Å²) in [6.07, 6.45) is 1.22. The number of hydrogen-bond donors (Lipinski definition) is 2. The number of carboxylic acid groups (broad SMARTS) is 1. The van der Waals surface area contributed by atoms with Crippen LogP contribution in [0.15, 0.2) is 29.2 Å². The normalized spacial score (nSPS) is 10.3. The molecule has 0 radical (unpaired) electrons. The number of halogens is 1. The molecule has 1 amide bonds. The molecule has 0 aliphatic rings. The Labute approximate surface area is 133 Å². The molecule has 0 aromatic heterocycles. The monoisotopic (exact) mass is 331 g/mol. The highest BCUT2D eigenvalue weighted by atomic mass is 35.5. The van der Waals surface area contributed by atoms with Gasteiger partial charge in [-0.05, 0) is 36.4 Å². The van der Waals surface area contributed by atoms with E-state index in [1.165, 1.54) is 0 Å². The van der Waals surface area contributed by atoms with Crippen molar-refractivity contribution in [1.82, 2.24) is 5.32 Å². The molecule has 0 heterocycles. The van der Waals surface area contributed by atoms with E-state index < -0.39 is 5.97 Å². The Bertz CT molecular complexity index is 453. The molecule has 1 rings (SSSR count). The summed E-state index contributed by atoms with van der Waals surface area (Å²) in [5.41, 5.74) is 0. The summed E-state index contributed by atoms with van der Waals surface area (Å²) in [6, 6.07) is 7.58. The fourth-order valence-electron chi connectivity index (χ4n) is 1.46. The summed E-state index contributed by atoms with van der Waals surface area (Å²) < 4.78 is 4.81. The van der Waals surface area contributed by atoms with Crippen LogP contribution >= 0.6 is 23.4 Å². The maximum atomic E-state index is 11.5. The third-order valence-corrected chi connectivity index (χ3v) is 3.77. The number of ether oxygens (including phenoxy) is 1. The summed E-state index contributed by atoms with van der Waals surface area (Å²) >= 11 is 7.48. The van der Waals surface area contributed by atoms with Crippen LogP contribution in [-0.4, -0.2) is 42.5 Å². The van der Waals surface area contributed by atoms with Gasteiger partial charge in [0.1, 0.15) is 6.61 Å². The van der Waals surface area contributed by atoms with E-state index in [1.54, 1.807) is 11.8 Å². The van der Waals surface area contributed by atoms with Crippen LogP contribution in [0.2, 0.25) is 5.02 Å². The van der Waals surface area contributed by atoms with Crippen molar-refractivity contribution in [3.05, 3.63) is 29.3 Å². The number of aliphatic carboxylic acids is 1. The Kier molecular flexibility index (Phi) is 8.89. The number of rotatable bonds is 10. The van der Waals surface area contributed by atoms with Gasteiger partial charge in [0.15, 0.2) is 0 Å². The lowest BCUT2D eigenvalue weighted by Gasteiger charge is -2.05. The molecule has 0 aliphatic carbocycles. The minimum Gasteiger partial charge on any atom is -0.480 e. The zero-order valence-corrected chi connectivity index (χ0v) is 13.1. The highest BCUT2D eigenvalue weighted by Crippen LogP contribution is 2.21. The number of nitrogens with one attached hydrogen (secondary N) is 1. The largest absolute Gasteiger partial charge is 0.480 e. The molecule has 1 aromatic rings. The molecule has 0 fully saturated rings. The Morgan fingerprint density at radius 1 is 1.29 bits per heavy atom. The predicted molar refractivity (Wildman–Crippen MR) is 82.9 cm³/mol. The van der Waals surface area contributed by atoms with E-state index in [2.05, 4.69) is 5.32 Å². The summed E-state index contributed by atoms with van der Waals surface area (Å²) in [7, 11) is 0. The van der Waals surface area contributed by atoms with Gasteiger partial charge in [0, 0.05) is 22.9 Å². The second kappa shape index (κ2) is 10.5. The summed E-state index contributed by atoms with van der Waals surface area (Å²) in [5.74, 6) is -0.212. The molecule has 7 heteroatoms. The van der Waals surface area contributed by atoms with Gasteiger partial charge in [0.05, 0.1) is 6.61 Å². The third-order valence-electron chi connectivity index (χ3n) is 2.42. The van der Waals surface area contributed by atoms with Gasteiger partial charge in [-0.2, -0.15) is 0 Å². The molecule has 1 aromatic carbocycles. The lowest BCUT2D eigenvalue weighted by atomic mass is 10.3. The fraction of sp³-hybridized carbons (Fsp3) is 0.429. The summed E-state index contributed by atoms with van der Waals surface area (Å²) in [4.78, 5) is 22.8. The van der Waals surface area contributed by atoms with Crippen molar-refractivity contribution in [3.8, 4) is 0 Å². The van der Waals surface area contributed by atoms with Gasteiger partial charge in [-0.15, -0.1) is 11.8 Å². The molecule has 2 N–H and O–H groups in total. The lowest BCUT2D eigenvalue weighted by molar-refractivity contribution is -0.142. The van der Waals surface area contributed by atoms with Crippen LogP contribution in [0.25, 0.3) is 0 Å². The molecule has 21 heavy (non-hydrogen) atoms. The molecular formula is C14H18ClNO4S. The molecule has 5 nitrogen and oxygen atoms in total. The SMILES string of the molecule is O=C(O)COCCNC(=O)CCCSc1ccc(Cl)cc1. The minimum atomic E-state index is -1.01. The number of carbonyl (C=O) groups excluding carboxylic acids is 1. The smallest absolute Gasteiger partial charge is 0.329 e. The van der Waals surface area contributed by atoms with Crippen LogP contribution in [0.4, 0.5) is 0 Å². The fourth-order valence-corrected chi connectivity index (χ4v) is 2.44. The summed E-state index contributed by atoms with van der Waals surface area (Å²) in [6.45, 7) is 0.196. The average molecular weight is 332 g/mol. The predicted octanol–water partition coefficient (Wildman–Crippen LogP) is 2.43. The van der Waals surface area contributed by atoms with Crippen LogP contribution < -0.4 is 5.32 Å². The molecule has 0 unspecified atom stereocenters. The Morgan fingerprint density at radius 2 is 2.00 bits per heavy atom. The first-order chi connectivity index (χ1) is 10.1. The van der Waals surface area contributed by atoms with E-state index in [1.807, 2.05) is 24.3 Å². The Hall–Kier alpha value is -1.24. The number of benzene rings is 1. The standard InChI is InChI=1S/C14H18ClNO4S/c15-11-3-5-12(6-4-11)21-9-1-2-13(17)16-7-8-20-10-14(18)19/h3-6H,1-2,7-10H2,(H,16,17)(H,18,19). The Morgan fingerprint density at radius 3 is 2.67 bits per heavy atom. The van der Waals surface area contributed by atoms with Crippen LogP contribution in [0, 0.1) is 0 Å². The summed E-state index contributed by atoms with van der Waals surface area (Å²) in [5, 5.41) is 11.7. The maximum Gasteiger partial charge on any atom is 0.329 e. The van der Waals surface area contributed by atoms with E-state index in [0.717, 1.165) is 17.1 Å². The molecule has 0 bridgehead atoms. The molecule has 0 aliphatic heterocycles. The average Bonchev–Trinajstić information content (AvgIpc) is 2.45.